The van der Waals surface area contributed by atoms with E-state index in [0.29, 0.717) is 0 Å². The van der Waals surface area contributed by atoms with Crippen LogP contribution in [0.5, 0.6) is 0 Å². The van der Waals surface area contributed by atoms with Crippen molar-refractivity contribution in [3.63, 3.8) is 0 Å². The molecule has 2 saturated heterocycles. The highest BCUT2D eigenvalue weighted by Gasteiger charge is 2.32. The minimum atomic E-state index is 1.05. The van der Waals surface area contributed by atoms with Crippen LogP contribution in [-0.4, -0.2) is 11.3 Å². The molecule has 4 atom stereocenters. The first-order valence-electron chi connectivity index (χ1n) is 5.77. The zero-order valence-corrected chi connectivity index (χ0v) is 9.63. The van der Waals surface area contributed by atoms with E-state index in [1.54, 1.807) is 6.42 Å². The molecule has 0 N–H and O–H groups in total. The van der Waals surface area contributed by atoms with E-state index in [2.05, 4.69) is 19.1 Å². The Morgan fingerprint density at radius 3 is 3.00 bits per heavy atom. The number of fused-ring (bicyclic) bond motifs is 2. The molecule has 0 spiro atoms. The monoisotopic (exact) mass is 196 g/mol. The van der Waals surface area contributed by atoms with Crippen LogP contribution in [0.1, 0.15) is 45.4 Å². The van der Waals surface area contributed by atoms with E-state index in [1.165, 1.54) is 40.7 Å². The van der Waals surface area contributed by atoms with Gasteiger partial charge in [0.2, 0.25) is 0 Å². The van der Waals surface area contributed by atoms with Crippen LogP contribution in [-0.2, 0) is 0 Å². The Morgan fingerprint density at radius 2 is 2.15 bits per heavy atom. The van der Waals surface area contributed by atoms with Gasteiger partial charge in [-0.2, -0.15) is 0 Å². The molecule has 2 rings (SSSR count). The summed E-state index contributed by atoms with van der Waals surface area (Å²) in [4.78, 5) is 0. The normalized spacial score (nSPS) is 41.5. The van der Waals surface area contributed by atoms with Crippen LogP contribution >= 0.6 is 8.58 Å². The van der Waals surface area contributed by atoms with E-state index in [4.69, 9.17) is 0 Å². The van der Waals surface area contributed by atoms with E-state index in [0.717, 1.165) is 17.2 Å². The van der Waals surface area contributed by atoms with Gasteiger partial charge >= 0.3 is 0 Å². The summed E-state index contributed by atoms with van der Waals surface area (Å²) in [6, 6.07) is 0. The predicted octanol–water partition coefficient (Wildman–Crippen LogP) is 3.96. The van der Waals surface area contributed by atoms with Gasteiger partial charge in [-0.05, 0) is 56.3 Å². The zero-order valence-electron chi connectivity index (χ0n) is 8.63. The standard InChI is InChI=1S/C12H21P/c1-2-3-5-10-8-9-11-6-4-7-12(10)13-11/h2-3,10-13H,4-9H2,1H3. The van der Waals surface area contributed by atoms with Crippen LogP contribution in [0.3, 0.4) is 0 Å². The van der Waals surface area contributed by atoms with Crippen molar-refractivity contribution in [2.45, 2.75) is 56.8 Å². The minimum Gasteiger partial charge on any atom is -0.115 e. The molecule has 2 heterocycles. The van der Waals surface area contributed by atoms with E-state index in [9.17, 15) is 0 Å². The number of hydrogen-bond donors (Lipinski definition) is 0. The van der Waals surface area contributed by atoms with Gasteiger partial charge in [-0.25, -0.2) is 0 Å². The Labute approximate surface area is 84.0 Å². The summed E-state index contributed by atoms with van der Waals surface area (Å²) in [6.07, 6.45) is 13.6. The third kappa shape index (κ3) is 2.34. The molecule has 2 aliphatic heterocycles. The lowest BCUT2D eigenvalue weighted by Gasteiger charge is -2.40. The molecular weight excluding hydrogens is 175 g/mol. The summed E-state index contributed by atoms with van der Waals surface area (Å²) >= 11 is 0. The van der Waals surface area contributed by atoms with Crippen LogP contribution in [0, 0.1) is 5.92 Å². The van der Waals surface area contributed by atoms with Crippen LogP contribution in [0.15, 0.2) is 12.2 Å². The topological polar surface area (TPSA) is 0 Å². The highest BCUT2D eigenvalue weighted by molar-refractivity contribution is 7.40. The van der Waals surface area contributed by atoms with Gasteiger partial charge in [0, 0.05) is 0 Å². The molecule has 2 aliphatic rings. The van der Waals surface area contributed by atoms with Crippen molar-refractivity contribution < 1.29 is 0 Å². The SMILES string of the molecule is CC=CCC1CCC2CCCC1P2. The smallest absolute Gasteiger partial charge is 0.0203 e. The van der Waals surface area contributed by atoms with Crippen LogP contribution < -0.4 is 0 Å². The molecular formula is C12H21P. The summed E-state index contributed by atoms with van der Waals surface area (Å²) in [6.45, 7) is 2.15. The van der Waals surface area contributed by atoms with E-state index in [1.807, 2.05) is 0 Å². The Morgan fingerprint density at radius 1 is 1.23 bits per heavy atom. The Balaban J connectivity index is 1.89. The second-order valence-electron chi connectivity index (χ2n) is 4.54. The summed E-state index contributed by atoms with van der Waals surface area (Å²) in [5.41, 5.74) is 2.25. The van der Waals surface area contributed by atoms with Crippen LogP contribution in [0.4, 0.5) is 0 Å². The summed E-state index contributed by atoms with van der Waals surface area (Å²) in [7, 11) is 1.31. The highest BCUT2D eigenvalue weighted by atomic mass is 31.1. The number of allylic oxidation sites excluding steroid dienone is 2. The van der Waals surface area contributed by atoms with E-state index < -0.39 is 0 Å². The lowest BCUT2D eigenvalue weighted by Crippen LogP contribution is -2.29. The number of hydrogen-bond acceptors (Lipinski definition) is 0. The summed E-state index contributed by atoms with van der Waals surface area (Å²) in [5.74, 6) is 1.05. The summed E-state index contributed by atoms with van der Waals surface area (Å²) in [5, 5.41) is 0. The molecule has 1 heteroatoms. The molecule has 13 heavy (non-hydrogen) atoms. The largest absolute Gasteiger partial charge is 0.115 e. The van der Waals surface area contributed by atoms with Gasteiger partial charge < -0.3 is 0 Å². The molecule has 0 aromatic carbocycles. The molecule has 0 amide bonds. The molecule has 0 aromatic rings. The maximum Gasteiger partial charge on any atom is -0.0203 e. The molecule has 0 radical (unpaired) electrons. The second kappa shape index (κ2) is 4.60. The lowest BCUT2D eigenvalue weighted by molar-refractivity contribution is 0.367. The van der Waals surface area contributed by atoms with Gasteiger partial charge in [-0.1, -0.05) is 18.6 Å². The third-order valence-electron chi connectivity index (χ3n) is 3.65. The number of rotatable bonds is 2. The van der Waals surface area contributed by atoms with E-state index >= 15 is 0 Å². The maximum atomic E-state index is 2.38. The molecule has 4 unspecified atom stereocenters. The summed E-state index contributed by atoms with van der Waals surface area (Å²) < 4.78 is 0. The van der Waals surface area contributed by atoms with Gasteiger partial charge in [0.25, 0.3) is 0 Å². The minimum absolute atomic E-state index is 1.05. The average Bonchev–Trinajstić information content (AvgIpc) is 2.18. The highest BCUT2D eigenvalue weighted by Crippen LogP contribution is 2.49. The molecule has 0 aliphatic carbocycles. The van der Waals surface area contributed by atoms with E-state index in [-0.39, 0.29) is 0 Å². The quantitative estimate of drug-likeness (QED) is 0.463. The van der Waals surface area contributed by atoms with Crippen LogP contribution in [0.2, 0.25) is 0 Å². The van der Waals surface area contributed by atoms with Gasteiger partial charge in [-0.15, -0.1) is 8.58 Å². The van der Waals surface area contributed by atoms with Crippen molar-refractivity contribution in [2.24, 2.45) is 5.92 Å². The lowest BCUT2D eigenvalue weighted by atomic mass is 9.87. The van der Waals surface area contributed by atoms with Gasteiger partial charge in [0.15, 0.2) is 0 Å². The van der Waals surface area contributed by atoms with Crippen molar-refractivity contribution in [3.8, 4) is 0 Å². The fraction of sp³-hybridized carbons (Fsp3) is 0.833. The van der Waals surface area contributed by atoms with Crippen molar-refractivity contribution in [3.05, 3.63) is 12.2 Å². The predicted molar refractivity (Wildman–Crippen MR) is 61.9 cm³/mol. The van der Waals surface area contributed by atoms with Gasteiger partial charge in [0.1, 0.15) is 0 Å². The van der Waals surface area contributed by atoms with Crippen molar-refractivity contribution in [1.29, 1.82) is 0 Å². The van der Waals surface area contributed by atoms with Gasteiger partial charge in [0.05, 0.1) is 0 Å². The zero-order chi connectivity index (χ0) is 9.10. The Kier molecular flexibility index (Phi) is 3.44. The Bertz CT molecular complexity index is 186. The third-order valence-corrected chi connectivity index (χ3v) is 5.88. The molecule has 2 bridgehead atoms. The molecule has 0 nitrogen and oxygen atoms in total. The molecule has 0 aromatic heterocycles. The second-order valence-corrected chi connectivity index (χ2v) is 6.43. The first-order valence-corrected chi connectivity index (χ1v) is 6.93. The first kappa shape index (κ1) is 9.71. The average molecular weight is 196 g/mol. The van der Waals surface area contributed by atoms with Crippen molar-refractivity contribution in [1.82, 2.24) is 0 Å². The Hall–Kier alpha value is 0.170. The molecule has 0 saturated carbocycles. The fourth-order valence-electron chi connectivity index (χ4n) is 2.86. The first-order chi connectivity index (χ1) is 6.40. The van der Waals surface area contributed by atoms with Crippen molar-refractivity contribution in [2.75, 3.05) is 0 Å². The fourth-order valence-corrected chi connectivity index (χ4v) is 5.12. The van der Waals surface area contributed by atoms with Crippen molar-refractivity contribution >= 4 is 8.58 Å². The molecule has 2 fully saturated rings. The van der Waals surface area contributed by atoms with Crippen LogP contribution in [0.25, 0.3) is 0 Å². The maximum absolute atomic E-state index is 2.38. The van der Waals surface area contributed by atoms with Gasteiger partial charge in [-0.3, -0.25) is 0 Å². The molecule has 74 valence electrons.